The van der Waals surface area contributed by atoms with Crippen LogP contribution in [0.3, 0.4) is 0 Å². The molecular formula is C20H21BrN6O2. The van der Waals surface area contributed by atoms with Crippen molar-refractivity contribution in [3.63, 3.8) is 0 Å². The van der Waals surface area contributed by atoms with Crippen molar-refractivity contribution in [2.75, 3.05) is 23.4 Å². The molecule has 2 aromatic heterocycles. The van der Waals surface area contributed by atoms with Gasteiger partial charge in [-0.2, -0.15) is 0 Å². The minimum absolute atomic E-state index is 0.234. The molecule has 0 fully saturated rings. The van der Waals surface area contributed by atoms with Crippen LogP contribution in [0.1, 0.15) is 24.2 Å². The number of hydrogen-bond donors (Lipinski definition) is 1. The van der Waals surface area contributed by atoms with E-state index < -0.39 is 0 Å². The van der Waals surface area contributed by atoms with Crippen molar-refractivity contribution < 1.29 is 9.53 Å². The number of aromatic nitrogens is 4. The summed E-state index contributed by atoms with van der Waals surface area (Å²) in [7, 11) is 1.94. The van der Waals surface area contributed by atoms with Gasteiger partial charge in [0.15, 0.2) is 11.6 Å². The monoisotopic (exact) mass is 456 g/mol. The quantitative estimate of drug-likeness (QED) is 0.645. The van der Waals surface area contributed by atoms with Gasteiger partial charge in [-0.25, -0.2) is 9.78 Å². The van der Waals surface area contributed by atoms with Crippen LogP contribution >= 0.6 is 15.9 Å². The minimum Gasteiger partial charge on any atom is -0.488 e. The summed E-state index contributed by atoms with van der Waals surface area (Å²) in [5.74, 6) is 2.27. The maximum Gasteiger partial charge on any atom is 0.327 e. The molecule has 1 atom stereocenters. The van der Waals surface area contributed by atoms with Gasteiger partial charge in [-0.1, -0.05) is 19.1 Å². The standard InChI is InChI=1S/C20H21BrN6O2/c1-13(8-18-25-23-12-26(18)2)14-4-3-5-16(9-14)24-20(28)27-6-7-29-17-10-15(21)11-22-19(17)27/h3-5,9-13H,6-8H2,1-2H3,(H,24,28). The highest BCUT2D eigenvalue weighted by molar-refractivity contribution is 9.10. The Bertz CT molecular complexity index is 1040. The fourth-order valence-corrected chi connectivity index (χ4v) is 3.58. The van der Waals surface area contributed by atoms with Crippen molar-refractivity contribution in [3.8, 4) is 5.75 Å². The summed E-state index contributed by atoms with van der Waals surface area (Å²) in [6, 6.07) is 9.46. The molecule has 1 aliphatic rings. The second-order valence-electron chi connectivity index (χ2n) is 6.99. The highest BCUT2D eigenvalue weighted by Gasteiger charge is 2.25. The van der Waals surface area contributed by atoms with Crippen LogP contribution in [0, 0.1) is 0 Å². The van der Waals surface area contributed by atoms with Gasteiger partial charge in [0.25, 0.3) is 0 Å². The number of rotatable bonds is 4. The molecule has 0 aliphatic carbocycles. The third-order valence-corrected chi connectivity index (χ3v) is 5.31. The van der Waals surface area contributed by atoms with E-state index in [2.05, 4.69) is 49.4 Å². The summed E-state index contributed by atoms with van der Waals surface area (Å²) in [5, 5.41) is 11.1. The van der Waals surface area contributed by atoms with Gasteiger partial charge >= 0.3 is 6.03 Å². The van der Waals surface area contributed by atoms with Gasteiger partial charge in [-0.3, -0.25) is 4.90 Å². The first kappa shape index (κ1) is 19.4. The lowest BCUT2D eigenvalue weighted by Crippen LogP contribution is -2.41. The molecule has 3 aromatic rings. The molecule has 1 N–H and O–H groups in total. The van der Waals surface area contributed by atoms with Gasteiger partial charge in [-0.15, -0.1) is 10.2 Å². The molecule has 2 amide bonds. The first-order chi connectivity index (χ1) is 14.0. The van der Waals surface area contributed by atoms with E-state index in [0.717, 1.165) is 28.0 Å². The molecule has 1 aromatic carbocycles. The molecule has 1 unspecified atom stereocenters. The Hall–Kier alpha value is -2.94. The number of carbonyl (C=O) groups is 1. The molecular weight excluding hydrogens is 436 g/mol. The number of fused-ring (bicyclic) bond motifs is 1. The van der Waals surface area contributed by atoms with Crippen molar-refractivity contribution >= 4 is 33.5 Å². The highest BCUT2D eigenvalue weighted by Crippen LogP contribution is 2.32. The summed E-state index contributed by atoms with van der Waals surface area (Å²) < 4.78 is 8.35. The van der Waals surface area contributed by atoms with Gasteiger partial charge in [0.05, 0.1) is 6.54 Å². The number of aryl methyl sites for hydroxylation is 1. The first-order valence-electron chi connectivity index (χ1n) is 9.31. The molecule has 0 saturated heterocycles. The minimum atomic E-state index is -0.234. The van der Waals surface area contributed by atoms with Crippen LogP contribution in [0.5, 0.6) is 5.75 Å². The Balaban J connectivity index is 1.48. The molecule has 1 aliphatic heterocycles. The molecule has 8 nitrogen and oxygen atoms in total. The number of urea groups is 1. The van der Waals surface area contributed by atoms with E-state index in [1.807, 2.05) is 35.9 Å². The third-order valence-electron chi connectivity index (χ3n) is 4.87. The maximum absolute atomic E-state index is 12.9. The largest absolute Gasteiger partial charge is 0.488 e. The predicted molar refractivity (Wildman–Crippen MR) is 113 cm³/mol. The van der Waals surface area contributed by atoms with Crippen LogP contribution in [-0.2, 0) is 13.5 Å². The fraction of sp³-hybridized carbons (Fsp3) is 0.300. The van der Waals surface area contributed by atoms with Crippen LogP contribution in [0.4, 0.5) is 16.3 Å². The number of ether oxygens (including phenoxy) is 1. The van der Waals surface area contributed by atoms with E-state index in [1.165, 1.54) is 0 Å². The number of pyridine rings is 1. The Kier molecular flexibility index (Phi) is 5.48. The summed E-state index contributed by atoms with van der Waals surface area (Å²) in [6.45, 7) is 3.00. The Morgan fingerprint density at radius 3 is 3.03 bits per heavy atom. The summed E-state index contributed by atoms with van der Waals surface area (Å²) >= 11 is 3.38. The van der Waals surface area contributed by atoms with Crippen molar-refractivity contribution in [1.82, 2.24) is 19.7 Å². The second-order valence-corrected chi connectivity index (χ2v) is 7.91. The first-order valence-corrected chi connectivity index (χ1v) is 10.1. The Morgan fingerprint density at radius 2 is 2.24 bits per heavy atom. The number of carbonyl (C=O) groups excluding carboxylic acids is 1. The Morgan fingerprint density at radius 1 is 1.38 bits per heavy atom. The van der Waals surface area contributed by atoms with E-state index >= 15 is 0 Å². The predicted octanol–water partition coefficient (Wildman–Crippen LogP) is 3.75. The summed E-state index contributed by atoms with van der Waals surface area (Å²) in [5.41, 5.74) is 1.86. The summed E-state index contributed by atoms with van der Waals surface area (Å²) in [4.78, 5) is 18.8. The SMILES string of the molecule is CC(Cc1nncn1C)c1cccc(NC(=O)N2CCOc3cc(Br)cnc32)c1. The zero-order chi connectivity index (χ0) is 20.4. The average molecular weight is 457 g/mol. The number of anilines is 2. The lowest BCUT2D eigenvalue weighted by Gasteiger charge is -2.28. The number of nitrogens with zero attached hydrogens (tertiary/aromatic N) is 5. The molecule has 3 heterocycles. The Labute approximate surface area is 177 Å². The number of amides is 2. The van der Waals surface area contributed by atoms with Crippen molar-refractivity contribution in [2.24, 2.45) is 7.05 Å². The number of nitrogens with one attached hydrogen (secondary N) is 1. The van der Waals surface area contributed by atoms with Gasteiger partial charge in [0.1, 0.15) is 18.8 Å². The van der Waals surface area contributed by atoms with Gasteiger partial charge in [0.2, 0.25) is 0 Å². The van der Waals surface area contributed by atoms with E-state index in [0.29, 0.717) is 24.7 Å². The molecule has 9 heteroatoms. The van der Waals surface area contributed by atoms with E-state index in [4.69, 9.17) is 4.74 Å². The van der Waals surface area contributed by atoms with Crippen LogP contribution in [0.15, 0.2) is 47.3 Å². The van der Waals surface area contributed by atoms with Crippen LogP contribution in [-0.4, -0.2) is 38.9 Å². The zero-order valence-corrected chi connectivity index (χ0v) is 17.8. The topological polar surface area (TPSA) is 85.2 Å². The zero-order valence-electron chi connectivity index (χ0n) is 16.2. The van der Waals surface area contributed by atoms with Crippen LogP contribution < -0.4 is 15.0 Å². The molecule has 0 radical (unpaired) electrons. The molecule has 4 rings (SSSR count). The normalized spacial score (nSPS) is 14.1. The molecule has 29 heavy (non-hydrogen) atoms. The third kappa shape index (κ3) is 4.24. The summed E-state index contributed by atoms with van der Waals surface area (Å²) in [6.07, 6.45) is 4.12. The number of halogens is 1. The highest BCUT2D eigenvalue weighted by atomic mass is 79.9. The van der Waals surface area contributed by atoms with E-state index in [1.54, 1.807) is 17.4 Å². The molecule has 0 saturated carbocycles. The number of hydrogen-bond acceptors (Lipinski definition) is 5. The average Bonchev–Trinajstić information content (AvgIpc) is 3.11. The second kappa shape index (κ2) is 8.20. The number of benzene rings is 1. The molecule has 150 valence electrons. The molecule has 0 spiro atoms. The maximum atomic E-state index is 12.9. The van der Waals surface area contributed by atoms with Crippen LogP contribution in [0.2, 0.25) is 0 Å². The smallest absolute Gasteiger partial charge is 0.327 e. The van der Waals surface area contributed by atoms with Gasteiger partial charge < -0.3 is 14.6 Å². The van der Waals surface area contributed by atoms with E-state index in [9.17, 15) is 4.79 Å². The van der Waals surface area contributed by atoms with Crippen molar-refractivity contribution in [1.29, 1.82) is 0 Å². The lowest BCUT2D eigenvalue weighted by molar-refractivity contribution is 0.249. The van der Waals surface area contributed by atoms with Gasteiger partial charge in [0, 0.05) is 29.8 Å². The molecule has 0 bridgehead atoms. The fourth-order valence-electron chi connectivity index (χ4n) is 3.27. The van der Waals surface area contributed by atoms with Crippen molar-refractivity contribution in [3.05, 3.63) is 58.7 Å². The van der Waals surface area contributed by atoms with Crippen molar-refractivity contribution in [2.45, 2.75) is 19.3 Å². The van der Waals surface area contributed by atoms with Gasteiger partial charge in [-0.05, 0) is 45.6 Å². The van der Waals surface area contributed by atoms with E-state index in [-0.39, 0.29) is 11.9 Å². The van der Waals surface area contributed by atoms with Crippen LogP contribution in [0.25, 0.3) is 0 Å². The lowest BCUT2D eigenvalue weighted by atomic mass is 9.97.